The largest absolute Gasteiger partial charge is 0.461 e. The smallest absolute Gasteiger partial charge is 0.317 e. The first-order valence-electron chi connectivity index (χ1n) is 13.2. The number of carbonyl (C=O) groups excluding carboxylic acids is 1. The summed E-state index contributed by atoms with van der Waals surface area (Å²) in [4.78, 5) is 14.8. The van der Waals surface area contributed by atoms with E-state index in [0.717, 1.165) is 54.4 Å². The quantitative estimate of drug-likeness (QED) is 0.379. The highest BCUT2D eigenvalue weighted by Gasteiger charge is 2.43. The van der Waals surface area contributed by atoms with E-state index in [1.54, 1.807) is 7.11 Å². The number of amides is 2. The van der Waals surface area contributed by atoms with Gasteiger partial charge in [0, 0.05) is 62.7 Å². The van der Waals surface area contributed by atoms with Crippen LogP contribution in [0.15, 0.2) is 28.7 Å². The number of urea groups is 1. The standard InChI is InChI=1S/C28H45N3O4/c1-20(2)16-24-17-22-10-8-12-25(26(22)35-24)28(33,13-6-7-15-34-5)23-11-9-14-31(19-23)27(32)30-21(3)18-29-4/h8,10,12,17,20-21,23,29,33H,6-7,9,11,13-16,18-19H2,1-5H3,(H,30,32)/t21?,23-,28+/m1/s1. The minimum atomic E-state index is -1.09. The summed E-state index contributed by atoms with van der Waals surface area (Å²) < 4.78 is 11.6. The van der Waals surface area contributed by atoms with Gasteiger partial charge in [-0.1, -0.05) is 32.0 Å². The zero-order valence-electron chi connectivity index (χ0n) is 22.2. The van der Waals surface area contributed by atoms with Crippen LogP contribution in [0.3, 0.4) is 0 Å². The van der Waals surface area contributed by atoms with Crippen LogP contribution in [0, 0.1) is 11.8 Å². The van der Waals surface area contributed by atoms with Crippen molar-refractivity contribution in [1.82, 2.24) is 15.5 Å². The third-order valence-electron chi connectivity index (χ3n) is 7.09. The second kappa shape index (κ2) is 12.7. The lowest BCUT2D eigenvalue weighted by molar-refractivity contribution is -0.0558. The Labute approximate surface area is 210 Å². The first kappa shape index (κ1) is 27.5. The molecular formula is C28H45N3O4. The Kier molecular flexibility index (Phi) is 10.0. The number of benzene rings is 1. The van der Waals surface area contributed by atoms with Gasteiger partial charge in [-0.15, -0.1) is 0 Å². The maximum atomic E-state index is 13.0. The fourth-order valence-electron chi connectivity index (χ4n) is 5.37. The van der Waals surface area contributed by atoms with Crippen LogP contribution in [0.5, 0.6) is 0 Å². The number of ether oxygens (including phenoxy) is 1. The topological polar surface area (TPSA) is 87.0 Å². The fraction of sp³-hybridized carbons (Fsp3) is 0.679. The van der Waals surface area contributed by atoms with Crippen LogP contribution >= 0.6 is 0 Å². The zero-order valence-corrected chi connectivity index (χ0v) is 22.2. The molecule has 196 valence electrons. The van der Waals surface area contributed by atoms with Crippen molar-refractivity contribution in [3.05, 3.63) is 35.6 Å². The molecule has 35 heavy (non-hydrogen) atoms. The summed E-state index contributed by atoms with van der Waals surface area (Å²) in [6.07, 6.45) is 4.92. The van der Waals surface area contributed by atoms with Crippen molar-refractivity contribution < 1.29 is 19.1 Å². The molecule has 0 saturated carbocycles. The van der Waals surface area contributed by atoms with Gasteiger partial charge in [-0.25, -0.2) is 4.79 Å². The van der Waals surface area contributed by atoms with Crippen LogP contribution in [0.1, 0.15) is 64.2 Å². The number of para-hydroxylation sites is 1. The van der Waals surface area contributed by atoms with E-state index in [0.29, 0.717) is 38.6 Å². The Bertz CT molecular complexity index is 943. The maximum absolute atomic E-state index is 13.0. The van der Waals surface area contributed by atoms with Crippen LogP contribution in [-0.4, -0.2) is 62.5 Å². The third-order valence-corrected chi connectivity index (χ3v) is 7.09. The van der Waals surface area contributed by atoms with Gasteiger partial charge in [-0.05, 0) is 58.1 Å². The molecule has 1 unspecified atom stereocenters. The number of aliphatic hydroxyl groups is 1. The second-order valence-electron chi connectivity index (χ2n) is 10.6. The minimum Gasteiger partial charge on any atom is -0.461 e. The van der Waals surface area contributed by atoms with Gasteiger partial charge in [0.15, 0.2) is 0 Å². The van der Waals surface area contributed by atoms with E-state index in [1.165, 1.54) is 0 Å². The molecule has 0 radical (unpaired) electrons. The Morgan fingerprint density at radius 1 is 1.31 bits per heavy atom. The number of rotatable bonds is 12. The minimum absolute atomic E-state index is 0.0389. The number of carbonyl (C=O) groups is 1. The van der Waals surface area contributed by atoms with Gasteiger partial charge < -0.3 is 29.8 Å². The number of hydrogen-bond donors (Lipinski definition) is 3. The molecule has 1 aromatic carbocycles. The molecule has 1 aromatic heterocycles. The van der Waals surface area contributed by atoms with Crippen LogP contribution in [0.4, 0.5) is 4.79 Å². The molecule has 3 rings (SSSR count). The number of hydrogen-bond acceptors (Lipinski definition) is 5. The molecule has 7 nitrogen and oxygen atoms in total. The molecule has 2 aromatic rings. The van der Waals surface area contributed by atoms with Crippen molar-refractivity contribution in [2.45, 2.75) is 70.9 Å². The second-order valence-corrected chi connectivity index (χ2v) is 10.6. The molecule has 2 heterocycles. The molecular weight excluding hydrogens is 442 g/mol. The molecule has 3 N–H and O–H groups in total. The van der Waals surface area contributed by atoms with Crippen LogP contribution < -0.4 is 10.6 Å². The van der Waals surface area contributed by atoms with E-state index in [1.807, 2.05) is 31.0 Å². The van der Waals surface area contributed by atoms with E-state index in [4.69, 9.17) is 9.15 Å². The van der Waals surface area contributed by atoms with Gasteiger partial charge in [0.2, 0.25) is 0 Å². The first-order valence-corrected chi connectivity index (χ1v) is 13.2. The molecule has 0 aliphatic carbocycles. The monoisotopic (exact) mass is 487 g/mol. The average Bonchev–Trinajstić information content (AvgIpc) is 3.23. The molecule has 1 aliphatic heterocycles. The van der Waals surface area contributed by atoms with Crippen LogP contribution in [0.25, 0.3) is 11.0 Å². The number of unbranched alkanes of at least 4 members (excludes halogenated alkanes) is 1. The summed E-state index contributed by atoms with van der Waals surface area (Å²) in [5, 5.41) is 19.6. The predicted octanol–water partition coefficient (Wildman–Crippen LogP) is 4.67. The number of piperidine rings is 1. The van der Waals surface area contributed by atoms with Crippen molar-refractivity contribution in [3.8, 4) is 0 Å². The Morgan fingerprint density at radius 3 is 2.83 bits per heavy atom. The Morgan fingerprint density at radius 2 is 2.11 bits per heavy atom. The fourth-order valence-corrected chi connectivity index (χ4v) is 5.37. The SMILES string of the molecule is CNCC(C)NC(=O)N1CCC[C@@H]([C@@](O)(CCCCOC)c2cccc3cc(CC(C)C)oc23)C1. The van der Waals surface area contributed by atoms with E-state index in [2.05, 4.69) is 36.6 Å². The summed E-state index contributed by atoms with van der Waals surface area (Å²) in [6.45, 7) is 8.97. The summed E-state index contributed by atoms with van der Waals surface area (Å²) in [7, 11) is 3.59. The molecule has 2 amide bonds. The van der Waals surface area contributed by atoms with E-state index < -0.39 is 5.60 Å². The van der Waals surface area contributed by atoms with Crippen molar-refractivity contribution in [3.63, 3.8) is 0 Å². The molecule has 0 spiro atoms. The third kappa shape index (κ3) is 6.99. The normalized spacial score (nSPS) is 19.2. The van der Waals surface area contributed by atoms with E-state index in [9.17, 15) is 9.90 Å². The van der Waals surface area contributed by atoms with E-state index >= 15 is 0 Å². The molecule has 1 saturated heterocycles. The van der Waals surface area contributed by atoms with Crippen molar-refractivity contribution in [1.29, 1.82) is 0 Å². The highest BCUT2D eigenvalue weighted by molar-refractivity contribution is 5.82. The number of likely N-dealkylation sites (N-methyl/N-ethyl adjacent to an activating group) is 1. The number of furan rings is 1. The summed E-state index contributed by atoms with van der Waals surface area (Å²) in [5.74, 6) is 1.36. The molecule has 7 heteroatoms. The lowest BCUT2D eigenvalue weighted by atomic mass is 9.73. The van der Waals surface area contributed by atoms with E-state index in [-0.39, 0.29) is 18.0 Å². The zero-order chi connectivity index (χ0) is 25.4. The number of likely N-dealkylation sites (tertiary alicyclic amines) is 1. The number of nitrogens with zero attached hydrogens (tertiary/aromatic N) is 1. The molecule has 1 fully saturated rings. The average molecular weight is 488 g/mol. The van der Waals surface area contributed by atoms with Gasteiger partial charge in [0.1, 0.15) is 11.3 Å². The van der Waals surface area contributed by atoms with Crippen molar-refractivity contribution in [2.75, 3.05) is 40.4 Å². The molecule has 3 atom stereocenters. The number of nitrogens with one attached hydrogen (secondary N) is 2. The predicted molar refractivity (Wildman–Crippen MR) is 141 cm³/mol. The van der Waals surface area contributed by atoms with Gasteiger partial charge in [0.25, 0.3) is 0 Å². The lowest BCUT2D eigenvalue weighted by Gasteiger charge is -2.43. The van der Waals surface area contributed by atoms with Crippen LogP contribution in [-0.2, 0) is 16.8 Å². The van der Waals surface area contributed by atoms with Gasteiger partial charge in [-0.2, -0.15) is 0 Å². The van der Waals surface area contributed by atoms with Gasteiger partial charge >= 0.3 is 6.03 Å². The van der Waals surface area contributed by atoms with Gasteiger partial charge in [0.05, 0.1) is 5.60 Å². The first-order chi connectivity index (χ1) is 16.8. The number of fused-ring (bicyclic) bond motifs is 1. The highest BCUT2D eigenvalue weighted by Crippen LogP contribution is 2.43. The Hall–Kier alpha value is -2.09. The summed E-state index contributed by atoms with van der Waals surface area (Å²) >= 11 is 0. The van der Waals surface area contributed by atoms with Crippen LogP contribution in [0.2, 0.25) is 0 Å². The van der Waals surface area contributed by atoms with Crippen molar-refractivity contribution >= 4 is 17.0 Å². The Balaban J connectivity index is 1.90. The maximum Gasteiger partial charge on any atom is 0.317 e. The summed E-state index contributed by atoms with van der Waals surface area (Å²) in [6, 6.07) is 8.16. The van der Waals surface area contributed by atoms with Crippen molar-refractivity contribution in [2.24, 2.45) is 11.8 Å². The summed E-state index contributed by atoms with van der Waals surface area (Å²) in [5.41, 5.74) is 0.537. The molecule has 0 bridgehead atoms. The highest BCUT2D eigenvalue weighted by atomic mass is 16.5. The molecule has 1 aliphatic rings. The number of methoxy groups -OCH3 is 1. The van der Waals surface area contributed by atoms with Gasteiger partial charge in [-0.3, -0.25) is 0 Å². The lowest BCUT2D eigenvalue weighted by Crippen LogP contribution is -2.53.